The Balaban J connectivity index is 4.54. The lowest BCUT2D eigenvalue weighted by atomic mass is 10.1. The Labute approximate surface area is 309 Å². The average Bonchev–Trinajstić information content (AvgIpc) is 3.07. The van der Waals surface area contributed by atoms with Gasteiger partial charge in [0.1, 0.15) is 0 Å². The number of carbonyl (C=O) groups is 2. The maximum atomic E-state index is 15.1. The molecule has 0 aliphatic heterocycles. The Kier molecular flexibility index (Phi) is 33.1. The molecule has 0 saturated heterocycles. The van der Waals surface area contributed by atoms with Crippen LogP contribution in [0, 0.1) is 0 Å². The predicted molar refractivity (Wildman–Crippen MR) is 202 cm³/mol. The molecule has 0 aromatic carbocycles. The first-order chi connectivity index (χ1) is 24.6. The van der Waals surface area contributed by atoms with E-state index < -0.39 is 45.0 Å². The predicted octanol–water partition coefficient (Wildman–Crippen LogP) is 12.6. The molecule has 0 amide bonds. The monoisotopic (exact) mass is 751 g/mol. The minimum Gasteiger partial charge on any atom is -0.395 e. The second kappa shape index (κ2) is 34.2. The summed E-state index contributed by atoms with van der Waals surface area (Å²) in [6.45, 7) is 3.18. The van der Waals surface area contributed by atoms with E-state index in [0.717, 1.165) is 64.2 Å². The van der Waals surface area contributed by atoms with Crippen molar-refractivity contribution in [3.63, 3.8) is 0 Å². The van der Waals surface area contributed by atoms with Crippen molar-refractivity contribution in [1.29, 1.82) is 0 Å². The van der Waals surface area contributed by atoms with Crippen molar-refractivity contribution in [3.05, 3.63) is 24.3 Å². The summed E-state index contributed by atoms with van der Waals surface area (Å²) in [5.41, 5.74) is 0. The van der Waals surface area contributed by atoms with Crippen LogP contribution in [0.1, 0.15) is 200 Å². The molecule has 0 bridgehead atoms. The molecule has 0 aliphatic rings. The molecule has 0 fully saturated rings. The van der Waals surface area contributed by atoms with Gasteiger partial charge in [-0.05, 0) is 64.2 Å². The summed E-state index contributed by atoms with van der Waals surface area (Å²) in [7, 11) is -5.53. The first-order valence-corrected chi connectivity index (χ1v) is 21.8. The number of hydrogen-bond donors (Lipinski definition) is 2. The van der Waals surface area contributed by atoms with Gasteiger partial charge in [-0.15, -0.1) is 0 Å². The third kappa shape index (κ3) is 31.6. The van der Waals surface area contributed by atoms with Gasteiger partial charge >= 0.3 is 25.7 Å². The molecule has 0 radical (unpaired) electrons. The second-order valence-electron chi connectivity index (χ2n) is 13.7. The molecule has 51 heavy (non-hydrogen) atoms. The number of phosphoric ester groups is 1. The van der Waals surface area contributed by atoms with E-state index in [-0.39, 0.29) is 12.8 Å². The van der Waals surface area contributed by atoms with Crippen LogP contribution >= 0.6 is 7.82 Å². The van der Waals surface area contributed by atoms with Crippen LogP contribution in [0.5, 0.6) is 0 Å². The van der Waals surface area contributed by atoms with Gasteiger partial charge in [-0.1, -0.05) is 141 Å². The molecule has 0 aromatic heterocycles. The van der Waals surface area contributed by atoms with Gasteiger partial charge < -0.3 is 19.3 Å². The van der Waals surface area contributed by atoms with E-state index in [4.69, 9.17) is 9.47 Å². The van der Waals surface area contributed by atoms with Gasteiger partial charge in [0.25, 0.3) is 0 Å². The Morgan fingerprint density at radius 3 is 1.22 bits per heavy atom. The summed E-state index contributed by atoms with van der Waals surface area (Å²) < 4.78 is 54.5. The van der Waals surface area contributed by atoms with Crippen LogP contribution < -0.4 is 0 Å². The molecule has 0 heterocycles. The summed E-state index contributed by atoms with van der Waals surface area (Å²) in [5, 5.41) is 0. The highest BCUT2D eigenvalue weighted by molar-refractivity contribution is 7.46. The molecule has 1 atom stereocenters. The lowest BCUT2D eigenvalue weighted by Gasteiger charge is -2.33. The zero-order valence-electron chi connectivity index (χ0n) is 32.1. The van der Waals surface area contributed by atoms with Crippen LogP contribution in [0.25, 0.3) is 0 Å². The fourth-order valence-corrected chi connectivity index (χ4v) is 6.30. The molecule has 2 N–H and O–H groups in total. The highest BCUT2D eigenvalue weighted by atomic mass is 31.2. The van der Waals surface area contributed by atoms with E-state index >= 15 is 4.39 Å². The maximum Gasteiger partial charge on any atom is 0.475 e. The minimum atomic E-state index is -5.53. The van der Waals surface area contributed by atoms with Gasteiger partial charge in [0.15, 0.2) is 0 Å². The number of ether oxygens (including phenoxy) is 2. The molecule has 0 rings (SSSR count). The molecule has 0 aliphatic carbocycles. The molecule has 300 valence electrons. The Morgan fingerprint density at radius 2 is 0.902 bits per heavy atom. The Morgan fingerprint density at radius 1 is 0.588 bits per heavy atom. The van der Waals surface area contributed by atoms with Crippen molar-refractivity contribution >= 4 is 19.8 Å². The number of unbranched alkanes of at least 4 members (excludes halogenated alkanes) is 22. The van der Waals surface area contributed by atoms with E-state index in [1.165, 1.54) is 77.0 Å². The van der Waals surface area contributed by atoms with Crippen LogP contribution in [0.4, 0.5) is 8.78 Å². The van der Waals surface area contributed by atoms with Crippen LogP contribution in [0.3, 0.4) is 0 Å². The van der Waals surface area contributed by atoms with Crippen molar-refractivity contribution in [2.75, 3.05) is 6.67 Å². The lowest BCUT2D eigenvalue weighted by Crippen LogP contribution is -2.50. The average molecular weight is 751 g/mol. The van der Waals surface area contributed by atoms with Gasteiger partial charge in [-0.25, -0.2) is 13.5 Å². The van der Waals surface area contributed by atoms with Crippen molar-refractivity contribution < 1.29 is 46.7 Å². The fourth-order valence-electron chi connectivity index (χ4n) is 5.78. The standard InChI is InChI=1S/C40H73F2O8P/c1-3-5-7-9-11-13-15-17-19-21-23-25-27-29-31-33-38(43)48-40(37(42)35-36-41,50-51(45,46)47)49-39(44)34-32-30-28-26-24-22-20-18-16-14-12-10-8-6-4-2/h17-20,37H,3-16,21-36H2,1-2H3,(H2,45,46,47). The summed E-state index contributed by atoms with van der Waals surface area (Å²) in [4.78, 5) is 44.2. The van der Waals surface area contributed by atoms with Crippen molar-refractivity contribution in [1.82, 2.24) is 0 Å². The Bertz CT molecular complexity index is 885. The van der Waals surface area contributed by atoms with Crippen LogP contribution in [0.2, 0.25) is 0 Å². The van der Waals surface area contributed by atoms with Crippen molar-refractivity contribution in [2.45, 2.75) is 212 Å². The minimum absolute atomic E-state index is 0.210. The zero-order valence-corrected chi connectivity index (χ0v) is 33.0. The number of hydrogen-bond acceptors (Lipinski definition) is 6. The summed E-state index contributed by atoms with van der Waals surface area (Å²) in [6.07, 6.45) is 32.4. The van der Waals surface area contributed by atoms with E-state index in [1.807, 2.05) is 0 Å². The maximum absolute atomic E-state index is 15.1. The van der Waals surface area contributed by atoms with Crippen molar-refractivity contribution in [3.8, 4) is 0 Å². The van der Waals surface area contributed by atoms with Gasteiger partial charge in [0.05, 0.1) is 6.67 Å². The van der Waals surface area contributed by atoms with Gasteiger partial charge in [-0.2, -0.15) is 0 Å². The number of alkyl halides is 2. The summed E-state index contributed by atoms with van der Waals surface area (Å²) in [6, 6.07) is 0. The van der Waals surface area contributed by atoms with E-state index in [2.05, 4.69) is 42.7 Å². The Hall–Kier alpha value is -1.61. The number of esters is 2. The SMILES string of the molecule is CCCCCCCCC=CCCCCCCCC(=O)OC(OC(=O)CCCCCCCC=CCCCCCCCC)(OP(=O)(O)O)C(F)CCF. The normalized spacial score (nSPS) is 13.9. The number of phosphoric acid groups is 1. The molecule has 0 aromatic rings. The van der Waals surface area contributed by atoms with Crippen molar-refractivity contribution in [2.24, 2.45) is 0 Å². The zero-order chi connectivity index (χ0) is 37.9. The third-order valence-electron chi connectivity index (χ3n) is 8.79. The summed E-state index contributed by atoms with van der Waals surface area (Å²) in [5.74, 6) is -5.49. The van der Waals surface area contributed by atoms with E-state index in [0.29, 0.717) is 25.7 Å². The molecular formula is C40H73F2O8P. The highest BCUT2D eigenvalue weighted by Gasteiger charge is 2.53. The first kappa shape index (κ1) is 49.4. The molecular weight excluding hydrogens is 677 g/mol. The topological polar surface area (TPSA) is 119 Å². The van der Waals surface area contributed by atoms with E-state index in [1.54, 1.807) is 0 Å². The number of allylic oxidation sites excluding steroid dienone is 4. The smallest absolute Gasteiger partial charge is 0.395 e. The molecule has 0 spiro atoms. The van der Waals surface area contributed by atoms with E-state index in [9.17, 15) is 28.3 Å². The van der Waals surface area contributed by atoms with Gasteiger partial charge in [0.2, 0.25) is 6.17 Å². The molecule has 1 unspecified atom stereocenters. The second-order valence-corrected chi connectivity index (χ2v) is 14.9. The number of carbonyl (C=O) groups excluding carboxylic acids is 2. The van der Waals surface area contributed by atoms with Gasteiger partial charge in [-0.3, -0.25) is 14.0 Å². The van der Waals surface area contributed by atoms with Crippen LogP contribution in [-0.2, 0) is 28.2 Å². The largest absolute Gasteiger partial charge is 0.475 e. The fraction of sp³-hybridized carbons (Fsp3) is 0.850. The molecule has 8 nitrogen and oxygen atoms in total. The highest BCUT2D eigenvalue weighted by Crippen LogP contribution is 2.45. The quantitative estimate of drug-likeness (QED) is 0.0212. The molecule has 11 heteroatoms. The van der Waals surface area contributed by atoms with Crippen LogP contribution in [0.15, 0.2) is 24.3 Å². The van der Waals surface area contributed by atoms with Gasteiger partial charge in [0, 0.05) is 19.3 Å². The number of halogens is 2. The third-order valence-corrected chi connectivity index (χ3v) is 9.28. The lowest BCUT2D eigenvalue weighted by molar-refractivity contribution is -0.340. The number of rotatable bonds is 37. The van der Waals surface area contributed by atoms with Crippen LogP contribution in [-0.4, -0.2) is 40.5 Å². The molecule has 0 saturated carbocycles. The summed E-state index contributed by atoms with van der Waals surface area (Å²) >= 11 is 0. The first-order valence-electron chi connectivity index (χ1n) is 20.3.